The van der Waals surface area contributed by atoms with Gasteiger partial charge in [0, 0.05) is 35.5 Å². The van der Waals surface area contributed by atoms with Crippen molar-refractivity contribution in [3.63, 3.8) is 0 Å². The van der Waals surface area contributed by atoms with Crippen molar-refractivity contribution in [2.75, 3.05) is 5.32 Å². The number of aromatic nitrogens is 3. The molecule has 2 N–H and O–H groups in total. The van der Waals surface area contributed by atoms with Gasteiger partial charge in [-0.2, -0.15) is 5.10 Å². The Morgan fingerprint density at radius 1 is 1.07 bits per heavy atom. The molecule has 30 heavy (non-hydrogen) atoms. The normalized spacial score (nSPS) is 10.8. The number of pyridine rings is 1. The number of aromatic carboxylic acids is 1. The number of carbonyl (C=O) groups is 1. The molecule has 0 saturated heterocycles. The molecule has 2 heterocycles. The molecule has 2 aromatic carbocycles. The second kappa shape index (κ2) is 8.16. The second-order valence-electron chi connectivity index (χ2n) is 6.82. The van der Waals surface area contributed by atoms with Crippen molar-refractivity contribution in [1.29, 1.82) is 0 Å². The maximum Gasteiger partial charge on any atom is 0.356 e. The highest BCUT2D eigenvalue weighted by molar-refractivity contribution is 5.95. The van der Waals surface area contributed by atoms with Crippen molar-refractivity contribution in [3.05, 3.63) is 94.2 Å². The molecule has 0 aliphatic rings. The summed E-state index contributed by atoms with van der Waals surface area (Å²) in [4.78, 5) is 29.4. The third kappa shape index (κ3) is 3.65. The van der Waals surface area contributed by atoms with E-state index < -0.39 is 5.97 Å². The van der Waals surface area contributed by atoms with Crippen LogP contribution in [0.15, 0.2) is 71.8 Å². The molecule has 0 bridgehead atoms. The molecule has 0 fully saturated rings. The Morgan fingerprint density at radius 2 is 1.80 bits per heavy atom. The number of carboxylic acids is 1. The Hall–Kier alpha value is -4.00. The highest BCUT2D eigenvalue weighted by Crippen LogP contribution is 2.27. The summed E-state index contributed by atoms with van der Waals surface area (Å²) in [6.07, 6.45) is 3.63. The zero-order valence-electron chi connectivity index (χ0n) is 16.4. The van der Waals surface area contributed by atoms with E-state index in [0.29, 0.717) is 11.3 Å². The fourth-order valence-electron chi connectivity index (χ4n) is 3.44. The van der Waals surface area contributed by atoms with Crippen LogP contribution in [0.4, 0.5) is 11.4 Å². The van der Waals surface area contributed by atoms with Crippen LogP contribution in [0.1, 0.15) is 28.5 Å². The van der Waals surface area contributed by atoms with Gasteiger partial charge in [-0.1, -0.05) is 54.6 Å². The molecular weight excluding hydrogens is 380 g/mol. The Bertz CT molecular complexity index is 1280. The van der Waals surface area contributed by atoms with E-state index >= 15 is 0 Å². The molecule has 7 nitrogen and oxygen atoms in total. The predicted molar refractivity (Wildman–Crippen MR) is 115 cm³/mol. The molecule has 0 amide bonds. The number of fused-ring (bicyclic) bond motifs is 1. The minimum absolute atomic E-state index is 0.143. The van der Waals surface area contributed by atoms with Gasteiger partial charge >= 0.3 is 5.97 Å². The van der Waals surface area contributed by atoms with Crippen LogP contribution < -0.4 is 10.9 Å². The molecule has 150 valence electrons. The summed E-state index contributed by atoms with van der Waals surface area (Å²) in [5.41, 5.74) is 1.54. The van der Waals surface area contributed by atoms with Crippen LogP contribution in [0.3, 0.4) is 0 Å². The first kappa shape index (κ1) is 19.3. The average molecular weight is 400 g/mol. The van der Waals surface area contributed by atoms with E-state index in [2.05, 4.69) is 15.4 Å². The lowest BCUT2D eigenvalue weighted by atomic mass is 10.0. The fraction of sp³-hybridized carbons (Fsp3) is 0.130. The quantitative estimate of drug-likeness (QED) is 0.510. The van der Waals surface area contributed by atoms with E-state index in [0.717, 1.165) is 16.3 Å². The third-order valence-corrected chi connectivity index (χ3v) is 4.91. The Labute approximate surface area is 172 Å². The number of hydrogen-bond acceptors (Lipinski definition) is 5. The number of rotatable bonds is 6. The molecule has 0 atom stereocenters. The monoisotopic (exact) mass is 400 g/mol. The molecule has 0 aliphatic carbocycles. The van der Waals surface area contributed by atoms with Gasteiger partial charge in [0.25, 0.3) is 5.56 Å². The molecule has 7 heteroatoms. The van der Waals surface area contributed by atoms with E-state index in [1.54, 1.807) is 19.3 Å². The van der Waals surface area contributed by atoms with Crippen molar-refractivity contribution in [2.24, 2.45) is 0 Å². The van der Waals surface area contributed by atoms with Crippen molar-refractivity contribution in [2.45, 2.75) is 19.9 Å². The summed E-state index contributed by atoms with van der Waals surface area (Å²) in [6, 6.07) is 17.1. The smallest absolute Gasteiger partial charge is 0.356 e. The third-order valence-electron chi connectivity index (χ3n) is 4.91. The van der Waals surface area contributed by atoms with Crippen LogP contribution in [-0.2, 0) is 13.0 Å². The molecule has 0 aliphatic heterocycles. The van der Waals surface area contributed by atoms with Crippen LogP contribution in [0.25, 0.3) is 10.8 Å². The molecule has 0 unspecified atom stereocenters. The van der Waals surface area contributed by atoms with Gasteiger partial charge in [0.1, 0.15) is 5.69 Å². The van der Waals surface area contributed by atoms with E-state index in [1.807, 2.05) is 54.6 Å². The van der Waals surface area contributed by atoms with Crippen molar-refractivity contribution >= 4 is 28.1 Å². The Kier molecular flexibility index (Phi) is 5.26. The molecular formula is C23H20N4O3. The zero-order chi connectivity index (χ0) is 21.1. The predicted octanol–water partition coefficient (Wildman–Crippen LogP) is 3.84. The highest BCUT2D eigenvalue weighted by Gasteiger charge is 2.22. The number of hydrogen-bond donors (Lipinski definition) is 2. The summed E-state index contributed by atoms with van der Waals surface area (Å²) in [6.45, 7) is 2.01. The van der Waals surface area contributed by atoms with E-state index in [1.165, 1.54) is 4.68 Å². The van der Waals surface area contributed by atoms with E-state index in [4.69, 9.17) is 0 Å². The van der Waals surface area contributed by atoms with Crippen molar-refractivity contribution in [3.8, 4) is 0 Å². The van der Waals surface area contributed by atoms with Crippen molar-refractivity contribution < 1.29 is 9.90 Å². The summed E-state index contributed by atoms with van der Waals surface area (Å²) in [5, 5.41) is 18.9. The van der Waals surface area contributed by atoms with Crippen LogP contribution in [0.2, 0.25) is 0 Å². The number of benzene rings is 2. The minimum atomic E-state index is -1.18. The summed E-state index contributed by atoms with van der Waals surface area (Å²) in [5.74, 6) is -1.18. The summed E-state index contributed by atoms with van der Waals surface area (Å²) < 4.78 is 1.17. The van der Waals surface area contributed by atoms with Gasteiger partial charge in [0.15, 0.2) is 5.69 Å². The van der Waals surface area contributed by atoms with Crippen molar-refractivity contribution in [1.82, 2.24) is 14.8 Å². The molecule has 2 aromatic heterocycles. The average Bonchev–Trinajstić information content (AvgIpc) is 2.77. The van der Waals surface area contributed by atoms with Gasteiger partial charge in [-0.05, 0) is 12.5 Å². The van der Waals surface area contributed by atoms with Crippen LogP contribution in [0.5, 0.6) is 0 Å². The topological polar surface area (TPSA) is 97.1 Å². The van der Waals surface area contributed by atoms with Crippen LogP contribution >= 0.6 is 0 Å². The van der Waals surface area contributed by atoms with E-state index in [9.17, 15) is 14.7 Å². The number of anilines is 2. The van der Waals surface area contributed by atoms with Gasteiger partial charge in [0.05, 0.1) is 11.9 Å². The molecule has 0 saturated carbocycles. The SMILES string of the molecule is CCn1nc(C(=O)O)c(Cc2ccccc2)c(Nc2cncc3ccccc23)c1=O. The first-order valence-corrected chi connectivity index (χ1v) is 9.59. The van der Waals surface area contributed by atoms with Gasteiger partial charge in [-0.15, -0.1) is 0 Å². The number of nitrogens with zero attached hydrogens (tertiary/aromatic N) is 3. The Morgan fingerprint density at radius 3 is 2.53 bits per heavy atom. The number of aryl methyl sites for hydroxylation is 1. The minimum Gasteiger partial charge on any atom is -0.476 e. The largest absolute Gasteiger partial charge is 0.476 e. The summed E-state index contributed by atoms with van der Waals surface area (Å²) in [7, 11) is 0. The lowest BCUT2D eigenvalue weighted by Crippen LogP contribution is -2.29. The Balaban J connectivity index is 1.93. The van der Waals surface area contributed by atoms with Crippen LogP contribution in [0, 0.1) is 0 Å². The number of nitrogens with one attached hydrogen (secondary N) is 1. The van der Waals surface area contributed by atoms with E-state index in [-0.39, 0.29) is 29.9 Å². The van der Waals surface area contributed by atoms with Gasteiger partial charge in [0.2, 0.25) is 0 Å². The first-order valence-electron chi connectivity index (χ1n) is 9.59. The highest BCUT2D eigenvalue weighted by atomic mass is 16.4. The summed E-state index contributed by atoms with van der Waals surface area (Å²) >= 11 is 0. The number of carboxylic acid groups (broad SMARTS) is 1. The lowest BCUT2D eigenvalue weighted by molar-refractivity contribution is 0.0686. The first-order chi connectivity index (χ1) is 14.6. The zero-order valence-corrected chi connectivity index (χ0v) is 16.4. The maximum absolute atomic E-state index is 13.2. The second-order valence-corrected chi connectivity index (χ2v) is 6.82. The van der Waals surface area contributed by atoms with Crippen LogP contribution in [-0.4, -0.2) is 25.8 Å². The molecule has 0 spiro atoms. The molecule has 4 rings (SSSR count). The standard InChI is InChI=1S/C23H20N4O3/c1-2-27-22(28)20(25-19-14-24-13-16-10-6-7-11-17(16)19)18(21(26-27)23(29)30)12-15-8-4-3-5-9-15/h3-11,13-14,25H,2,12H2,1H3,(H,29,30). The van der Waals surface area contributed by atoms with Gasteiger partial charge in [-0.25, -0.2) is 9.48 Å². The molecule has 4 aromatic rings. The molecule has 0 radical (unpaired) electrons. The van der Waals surface area contributed by atoms with Gasteiger partial charge < -0.3 is 10.4 Å². The fourth-order valence-corrected chi connectivity index (χ4v) is 3.44. The lowest BCUT2D eigenvalue weighted by Gasteiger charge is -2.16. The van der Waals surface area contributed by atoms with Gasteiger partial charge in [-0.3, -0.25) is 9.78 Å². The maximum atomic E-state index is 13.2.